The maximum Gasteiger partial charge on any atom is 0.224 e. The number of carbonyl (C=O) groups excluding carboxylic acids is 1. The van der Waals surface area contributed by atoms with Crippen molar-refractivity contribution in [1.29, 1.82) is 0 Å². The van der Waals surface area contributed by atoms with Crippen LogP contribution in [0.15, 0.2) is 0 Å². The van der Waals surface area contributed by atoms with Crippen molar-refractivity contribution in [3.8, 4) is 0 Å². The van der Waals surface area contributed by atoms with Crippen LogP contribution in [0.1, 0.15) is 27.2 Å². The molecule has 0 heterocycles. The summed E-state index contributed by atoms with van der Waals surface area (Å²) in [6.45, 7) is 6.88. The average Bonchev–Trinajstić information content (AvgIpc) is 2.24. The van der Waals surface area contributed by atoms with Crippen molar-refractivity contribution in [1.82, 2.24) is 10.6 Å². The number of aliphatic hydroxyl groups excluding tert-OH is 1. The molecule has 0 rings (SSSR count). The lowest BCUT2D eigenvalue weighted by molar-refractivity contribution is -0.125. The van der Waals surface area contributed by atoms with Crippen LogP contribution in [0, 0.1) is 11.8 Å². The average molecular weight is 253 g/mol. The maximum atomic E-state index is 11.5. The van der Waals surface area contributed by atoms with Gasteiger partial charge >= 0.3 is 0 Å². The van der Waals surface area contributed by atoms with Crippen LogP contribution in [0.4, 0.5) is 0 Å². The Morgan fingerprint density at radius 1 is 1.31 bits per heavy atom. The van der Waals surface area contributed by atoms with E-state index in [9.17, 15) is 9.90 Å². The summed E-state index contributed by atoms with van der Waals surface area (Å²) in [7, 11) is 1.82. The van der Waals surface area contributed by atoms with E-state index in [1.165, 1.54) is 0 Å². The normalized spacial score (nSPS) is 15.8. The second-order valence-corrected chi connectivity index (χ2v) is 4.16. The number of hydrogen-bond donors (Lipinski definition) is 3. The quantitative estimate of drug-likeness (QED) is 0.628. The molecule has 0 spiro atoms. The highest BCUT2D eigenvalue weighted by molar-refractivity contribution is 5.85. The third-order valence-electron chi connectivity index (χ3n) is 2.74. The van der Waals surface area contributed by atoms with Gasteiger partial charge in [0.1, 0.15) is 0 Å². The van der Waals surface area contributed by atoms with Crippen molar-refractivity contribution in [3.05, 3.63) is 0 Å². The van der Waals surface area contributed by atoms with E-state index in [0.29, 0.717) is 13.1 Å². The summed E-state index contributed by atoms with van der Waals surface area (Å²) in [5, 5.41) is 15.3. The summed E-state index contributed by atoms with van der Waals surface area (Å²) in [4.78, 5) is 11.5. The fraction of sp³-hybridized carbons (Fsp3) is 0.909. The molecule has 0 aromatic heterocycles. The zero-order valence-electron chi connectivity index (χ0n) is 10.6. The van der Waals surface area contributed by atoms with Gasteiger partial charge in [-0.2, -0.15) is 0 Å². The zero-order chi connectivity index (χ0) is 11.8. The van der Waals surface area contributed by atoms with Gasteiger partial charge in [-0.1, -0.05) is 27.2 Å². The lowest BCUT2D eigenvalue weighted by Gasteiger charge is -2.19. The molecule has 3 atom stereocenters. The van der Waals surface area contributed by atoms with Gasteiger partial charge in [-0.15, -0.1) is 12.4 Å². The molecule has 0 saturated carbocycles. The van der Waals surface area contributed by atoms with Gasteiger partial charge in [-0.25, -0.2) is 0 Å². The molecular weight excluding hydrogens is 228 g/mol. The van der Waals surface area contributed by atoms with Gasteiger partial charge in [0.2, 0.25) is 5.91 Å². The Morgan fingerprint density at radius 2 is 1.88 bits per heavy atom. The Labute approximate surface area is 105 Å². The first-order valence-electron chi connectivity index (χ1n) is 5.63. The Bertz CT molecular complexity index is 191. The van der Waals surface area contributed by atoms with E-state index < -0.39 is 6.10 Å². The molecule has 0 aliphatic heterocycles. The fourth-order valence-corrected chi connectivity index (χ4v) is 1.25. The largest absolute Gasteiger partial charge is 0.391 e. The molecule has 0 aromatic carbocycles. The van der Waals surface area contributed by atoms with E-state index in [1.54, 1.807) is 0 Å². The van der Waals surface area contributed by atoms with Gasteiger partial charge in [-0.3, -0.25) is 4.79 Å². The van der Waals surface area contributed by atoms with Gasteiger partial charge in [-0.05, 0) is 13.0 Å². The van der Waals surface area contributed by atoms with Crippen molar-refractivity contribution in [2.24, 2.45) is 11.8 Å². The van der Waals surface area contributed by atoms with Crippen molar-refractivity contribution in [3.63, 3.8) is 0 Å². The summed E-state index contributed by atoms with van der Waals surface area (Å²) >= 11 is 0. The van der Waals surface area contributed by atoms with Gasteiger partial charge in [0, 0.05) is 19.0 Å². The minimum atomic E-state index is -0.444. The summed E-state index contributed by atoms with van der Waals surface area (Å²) in [6, 6.07) is 0. The molecule has 3 unspecified atom stereocenters. The van der Waals surface area contributed by atoms with E-state index in [2.05, 4.69) is 10.6 Å². The standard InChI is InChI=1S/C11H24N2O2.ClH/c1-5-8(2)10(14)7-13-11(15)9(3)6-12-4;/h8-10,12,14H,5-7H2,1-4H3,(H,13,15);1H. The highest BCUT2D eigenvalue weighted by atomic mass is 35.5. The molecule has 0 saturated heterocycles. The monoisotopic (exact) mass is 252 g/mol. The Hall–Kier alpha value is -0.320. The molecule has 5 heteroatoms. The molecule has 98 valence electrons. The first kappa shape index (κ1) is 18.1. The smallest absolute Gasteiger partial charge is 0.224 e. The maximum absolute atomic E-state index is 11.5. The van der Waals surface area contributed by atoms with E-state index in [4.69, 9.17) is 0 Å². The van der Waals surface area contributed by atoms with E-state index in [-0.39, 0.29) is 30.2 Å². The van der Waals surface area contributed by atoms with Crippen molar-refractivity contribution < 1.29 is 9.90 Å². The third kappa shape index (κ3) is 7.04. The predicted molar refractivity (Wildman–Crippen MR) is 68.8 cm³/mol. The first-order chi connectivity index (χ1) is 7.02. The van der Waals surface area contributed by atoms with Crippen molar-refractivity contribution >= 4 is 18.3 Å². The molecule has 0 fully saturated rings. The number of halogens is 1. The summed E-state index contributed by atoms with van der Waals surface area (Å²) in [6.07, 6.45) is 0.476. The molecule has 0 aromatic rings. The second-order valence-electron chi connectivity index (χ2n) is 4.16. The molecular formula is C11H25ClN2O2. The third-order valence-corrected chi connectivity index (χ3v) is 2.74. The van der Waals surface area contributed by atoms with E-state index >= 15 is 0 Å². The fourth-order valence-electron chi connectivity index (χ4n) is 1.25. The van der Waals surface area contributed by atoms with Crippen LogP contribution in [0.3, 0.4) is 0 Å². The highest BCUT2D eigenvalue weighted by Crippen LogP contribution is 2.06. The van der Waals surface area contributed by atoms with Crippen LogP contribution >= 0.6 is 12.4 Å². The van der Waals surface area contributed by atoms with Crippen LogP contribution in [0.25, 0.3) is 0 Å². The Morgan fingerprint density at radius 3 is 2.31 bits per heavy atom. The SMILES string of the molecule is CCC(C)C(O)CNC(=O)C(C)CNC.Cl. The molecule has 0 aliphatic rings. The molecule has 0 radical (unpaired) electrons. The van der Waals surface area contributed by atoms with Crippen LogP contribution in [-0.4, -0.2) is 37.3 Å². The number of amides is 1. The molecule has 0 bridgehead atoms. The second kappa shape index (κ2) is 9.87. The highest BCUT2D eigenvalue weighted by Gasteiger charge is 2.16. The number of carbonyl (C=O) groups is 1. The number of hydrogen-bond acceptors (Lipinski definition) is 3. The molecule has 16 heavy (non-hydrogen) atoms. The molecule has 0 aliphatic carbocycles. The zero-order valence-corrected chi connectivity index (χ0v) is 11.4. The lowest BCUT2D eigenvalue weighted by Crippen LogP contribution is -2.40. The van der Waals surface area contributed by atoms with Gasteiger partial charge < -0.3 is 15.7 Å². The minimum Gasteiger partial charge on any atom is -0.391 e. The molecule has 4 nitrogen and oxygen atoms in total. The van der Waals surface area contributed by atoms with Crippen LogP contribution < -0.4 is 10.6 Å². The van der Waals surface area contributed by atoms with E-state index in [1.807, 2.05) is 27.8 Å². The van der Waals surface area contributed by atoms with Crippen LogP contribution in [-0.2, 0) is 4.79 Å². The topological polar surface area (TPSA) is 61.4 Å². The van der Waals surface area contributed by atoms with Gasteiger partial charge in [0.25, 0.3) is 0 Å². The minimum absolute atomic E-state index is 0. The summed E-state index contributed by atoms with van der Waals surface area (Å²) in [5.41, 5.74) is 0. The Balaban J connectivity index is 0. The van der Waals surface area contributed by atoms with Crippen molar-refractivity contribution in [2.45, 2.75) is 33.3 Å². The first-order valence-corrected chi connectivity index (χ1v) is 5.63. The number of rotatable bonds is 7. The van der Waals surface area contributed by atoms with Crippen LogP contribution in [0.5, 0.6) is 0 Å². The van der Waals surface area contributed by atoms with Gasteiger partial charge in [0.05, 0.1) is 6.10 Å². The number of nitrogens with one attached hydrogen (secondary N) is 2. The Kier molecular flexibility index (Phi) is 11.1. The number of aliphatic hydroxyl groups is 1. The predicted octanol–water partition coefficient (Wildman–Crippen LogP) is 0.787. The van der Waals surface area contributed by atoms with E-state index in [0.717, 1.165) is 6.42 Å². The van der Waals surface area contributed by atoms with Crippen LogP contribution in [0.2, 0.25) is 0 Å². The summed E-state index contributed by atoms with van der Waals surface area (Å²) < 4.78 is 0. The summed E-state index contributed by atoms with van der Waals surface area (Å²) in [5.74, 6) is 0.163. The van der Waals surface area contributed by atoms with Crippen molar-refractivity contribution in [2.75, 3.05) is 20.1 Å². The van der Waals surface area contributed by atoms with Gasteiger partial charge in [0.15, 0.2) is 0 Å². The molecule has 3 N–H and O–H groups in total. The lowest BCUT2D eigenvalue weighted by atomic mass is 10.0. The molecule has 1 amide bonds.